The van der Waals surface area contributed by atoms with Crippen LogP contribution in [-0.2, 0) is 4.79 Å². The first-order valence-corrected chi connectivity index (χ1v) is 6.84. The van der Waals surface area contributed by atoms with Crippen LogP contribution in [0.3, 0.4) is 0 Å². The predicted octanol–water partition coefficient (Wildman–Crippen LogP) is 1.97. The van der Waals surface area contributed by atoms with Crippen molar-refractivity contribution in [3.8, 4) is 0 Å². The van der Waals surface area contributed by atoms with E-state index < -0.39 is 12.0 Å². The van der Waals surface area contributed by atoms with Crippen LogP contribution in [0.1, 0.15) is 42.3 Å². The molecule has 0 aliphatic carbocycles. The van der Waals surface area contributed by atoms with Crippen molar-refractivity contribution >= 4 is 5.97 Å². The number of carboxylic acid groups (broad SMARTS) is 1. The summed E-state index contributed by atoms with van der Waals surface area (Å²) >= 11 is 0. The number of hydrogen-bond acceptors (Lipinski definition) is 3. The summed E-state index contributed by atoms with van der Waals surface area (Å²) < 4.78 is 0. The van der Waals surface area contributed by atoms with Gasteiger partial charge in [0.15, 0.2) is 0 Å². The summed E-state index contributed by atoms with van der Waals surface area (Å²) in [7, 11) is 2.15. The molecule has 1 fully saturated rings. The lowest BCUT2D eigenvalue weighted by Gasteiger charge is -2.17. The highest BCUT2D eigenvalue weighted by Crippen LogP contribution is 2.29. The molecule has 4 heteroatoms. The van der Waals surface area contributed by atoms with E-state index in [2.05, 4.69) is 18.0 Å². The topological polar surface area (TPSA) is 66.6 Å². The van der Waals surface area contributed by atoms with Crippen molar-refractivity contribution in [3.05, 3.63) is 35.4 Å². The molecule has 0 spiro atoms. The van der Waals surface area contributed by atoms with E-state index in [0.717, 1.165) is 25.9 Å². The lowest BCUT2D eigenvalue weighted by atomic mass is 9.90. The van der Waals surface area contributed by atoms with Crippen LogP contribution < -0.4 is 5.73 Å². The molecule has 0 amide bonds. The standard InChI is InChI=1S/C15H22N2O2/c1-17-8-3-6-11(7-9-17)12-4-2-5-13(10-12)14(16)15(18)19/h2,4-5,10-11,14H,3,6-9,16H2,1H3,(H,18,19). The van der Waals surface area contributed by atoms with Gasteiger partial charge in [-0.15, -0.1) is 0 Å². The molecule has 1 aliphatic heterocycles. The largest absolute Gasteiger partial charge is 0.480 e. The quantitative estimate of drug-likeness (QED) is 0.874. The van der Waals surface area contributed by atoms with E-state index in [9.17, 15) is 4.79 Å². The van der Waals surface area contributed by atoms with Crippen LogP contribution in [0.4, 0.5) is 0 Å². The number of hydrogen-bond donors (Lipinski definition) is 2. The van der Waals surface area contributed by atoms with Gasteiger partial charge >= 0.3 is 5.97 Å². The Hall–Kier alpha value is -1.39. The third kappa shape index (κ3) is 3.55. The minimum Gasteiger partial charge on any atom is -0.480 e. The lowest BCUT2D eigenvalue weighted by molar-refractivity contribution is -0.138. The van der Waals surface area contributed by atoms with Crippen molar-refractivity contribution in [2.24, 2.45) is 5.73 Å². The van der Waals surface area contributed by atoms with Gasteiger partial charge in [-0.1, -0.05) is 24.3 Å². The number of rotatable bonds is 3. The van der Waals surface area contributed by atoms with Crippen LogP contribution in [0.25, 0.3) is 0 Å². The first-order chi connectivity index (χ1) is 9.08. The number of nitrogens with zero attached hydrogens (tertiary/aromatic N) is 1. The molecule has 2 unspecified atom stereocenters. The van der Waals surface area contributed by atoms with E-state index in [1.165, 1.54) is 12.0 Å². The highest BCUT2D eigenvalue weighted by molar-refractivity contribution is 5.75. The summed E-state index contributed by atoms with van der Waals surface area (Å²) in [5, 5.41) is 8.98. The molecule has 1 aromatic rings. The molecule has 0 radical (unpaired) electrons. The molecule has 3 N–H and O–H groups in total. The van der Waals surface area contributed by atoms with Gasteiger partial charge in [-0.3, -0.25) is 4.79 Å². The van der Waals surface area contributed by atoms with E-state index in [1.54, 1.807) is 6.07 Å². The maximum absolute atomic E-state index is 11.0. The number of carboxylic acids is 1. The predicted molar refractivity (Wildman–Crippen MR) is 75.1 cm³/mol. The lowest BCUT2D eigenvalue weighted by Crippen LogP contribution is -2.21. The van der Waals surface area contributed by atoms with Gasteiger partial charge in [0.2, 0.25) is 0 Å². The van der Waals surface area contributed by atoms with E-state index in [0.29, 0.717) is 11.5 Å². The van der Waals surface area contributed by atoms with Crippen molar-refractivity contribution in [3.63, 3.8) is 0 Å². The van der Waals surface area contributed by atoms with Crippen LogP contribution >= 0.6 is 0 Å². The third-order valence-electron chi connectivity index (χ3n) is 3.96. The second-order valence-electron chi connectivity index (χ2n) is 5.42. The fourth-order valence-corrected chi connectivity index (χ4v) is 2.72. The molecule has 2 atom stereocenters. The van der Waals surface area contributed by atoms with E-state index in [4.69, 9.17) is 10.8 Å². The summed E-state index contributed by atoms with van der Waals surface area (Å²) in [4.78, 5) is 13.3. The Morgan fingerprint density at radius 3 is 2.95 bits per heavy atom. The molecule has 0 bridgehead atoms. The number of carbonyl (C=O) groups is 1. The molecule has 19 heavy (non-hydrogen) atoms. The van der Waals surface area contributed by atoms with Crippen LogP contribution in [-0.4, -0.2) is 36.1 Å². The Bertz CT molecular complexity index is 448. The van der Waals surface area contributed by atoms with Gasteiger partial charge in [0.05, 0.1) is 0 Å². The summed E-state index contributed by atoms with van der Waals surface area (Å²) in [6, 6.07) is 6.85. The van der Waals surface area contributed by atoms with Gasteiger partial charge in [-0.25, -0.2) is 0 Å². The molecule has 104 valence electrons. The van der Waals surface area contributed by atoms with Crippen molar-refractivity contribution in [1.29, 1.82) is 0 Å². The van der Waals surface area contributed by atoms with Gasteiger partial charge in [-0.2, -0.15) is 0 Å². The second-order valence-corrected chi connectivity index (χ2v) is 5.42. The summed E-state index contributed by atoms with van der Waals surface area (Å²) in [5.41, 5.74) is 7.60. The Morgan fingerprint density at radius 1 is 1.42 bits per heavy atom. The van der Waals surface area contributed by atoms with Crippen LogP contribution in [0.2, 0.25) is 0 Å². The zero-order chi connectivity index (χ0) is 13.8. The molecule has 1 saturated heterocycles. The van der Waals surface area contributed by atoms with Crippen molar-refractivity contribution in [1.82, 2.24) is 4.90 Å². The number of aliphatic carboxylic acids is 1. The fourth-order valence-electron chi connectivity index (χ4n) is 2.72. The first kappa shape index (κ1) is 14.0. The highest BCUT2D eigenvalue weighted by Gasteiger charge is 2.19. The summed E-state index contributed by atoms with van der Waals surface area (Å²) in [6.45, 7) is 2.24. The van der Waals surface area contributed by atoms with E-state index >= 15 is 0 Å². The Morgan fingerprint density at radius 2 is 2.21 bits per heavy atom. The zero-order valence-electron chi connectivity index (χ0n) is 11.4. The number of benzene rings is 1. The SMILES string of the molecule is CN1CCCC(c2cccc(C(N)C(=O)O)c2)CC1. The average molecular weight is 262 g/mol. The molecule has 0 aromatic heterocycles. The maximum atomic E-state index is 11.0. The molecular weight excluding hydrogens is 240 g/mol. The smallest absolute Gasteiger partial charge is 0.325 e. The van der Waals surface area contributed by atoms with E-state index in [1.807, 2.05) is 12.1 Å². The molecule has 0 saturated carbocycles. The van der Waals surface area contributed by atoms with Gasteiger partial charge < -0.3 is 15.7 Å². The van der Waals surface area contributed by atoms with Crippen molar-refractivity contribution in [2.45, 2.75) is 31.2 Å². The molecular formula is C15H22N2O2. The first-order valence-electron chi connectivity index (χ1n) is 6.84. The Labute approximate surface area is 114 Å². The van der Waals surface area contributed by atoms with Gasteiger partial charge in [0.25, 0.3) is 0 Å². The Balaban J connectivity index is 2.16. The summed E-state index contributed by atoms with van der Waals surface area (Å²) in [6.07, 6.45) is 3.48. The number of nitrogens with two attached hydrogens (primary N) is 1. The van der Waals surface area contributed by atoms with Crippen LogP contribution in [0.15, 0.2) is 24.3 Å². The molecule has 4 nitrogen and oxygen atoms in total. The van der Waals surface area contributed by atoms with E-state index in [-0.39, 0.29) is 0 Å². The van der Waals surface area contributed by atoms with Crippen LogP contribution in [0.5, 0.6) is 0 Å². The minimum absolute atomic E-state index is 0.519. The third-order valence-corrected chi connectivity index (χ3v) is 3.96. The van der Waals surface area contributed by atoms with Crippen molar-refractivity contribution < 1.29 is 9.90 Å². The minimum atomic E-state index is -0.974. The highest BCUT2D eigenvalue weighted by atomic mass is 16.4. The monoisotopic (exact) mass is 262 g/mol. The summed E-state index contributed by atoms with van der Waals surface area (Å²) in [5.74, 6) is -0.455. The average Bonchev–Trinajstić information content (AvgIpc) is 2.63. The molecule has 1 heterocycles. The molecule has 1 aromatic carbocycles. The van der Waals surface area contributed by atoms with Gasteiger partial charge in [0, 0.05) is 0 Å². The van der Waals surface area contributed by atoms with Gasteiger partial charge in [0.1, 0.15) is 6.04 Å². The normalized spacial score (nSPS) is 22.7. The van der Waals surface area contributed by atoms with Gasteiger partial charge in [-0.05, 0) is 56.4 Å². The second kappa shape index (κ2) is 6.17. The zero-order valence-corrected chi connectivity index (χ0v) is 11.4. The van der Waals surface area contributed by atoms with Crippen molar-refractivity contribution in [2.75, 3.05) is 20.1 Å². The molecule has 2 rings (SSSR count). The van der Waals surface area contributed by atoms with Crippen LogP contribution in [0, 0.1) is 0 Å². The Kier molecular flexibility index (Phi) is 4.56. The number of likely N-dealkylation sites (tertiary alicyclic amines) is 1. The fraction of sp³-hybridized carbons (Fsp3) is 0.533. The maximum Gasteiger partial charge on any atom is 0.325 e. The molecule has 1 aliphatic rings.